The molecular weight excluding hydrogens is 258 g/mol. The highest BCUT2D eigenvalue weighted by atomic mass is 35.5. The first-order valence-corrected chi connectivity index (χ1v) is 5.60. The summed E-state index contributed by atoms with van der Waals surface area (Å²) < 4.78 is 0. The van der Waals surface area contributed by atoms with Gasteiger partial charge in [0.2, 0.25) is 5.43 Å². The number of aromatic hydroxyl groups is 1. The summed E-state index contributed by atoms with van der Waals surface area (Å²) in [5.74, 6) is -0.621. The minimum absolute atomic E-state index is 0.0252. The molecule has 0 unspecified atom stereocenters. The standard InChI is InChI=1S/C7H5ClN2O3.C2H7N.C2H6/c8-7-6(13)5(12)1-4(10-7)3(9)2-11;1-3-2;1-2/h1-2,9,13H,(H,10,12);3H,1-2H3;1-2H3. The molecule has 6 nitrogen and oxygen atoms in total. The molecule has 1 aromatic rings. The smallest absolute Gasteiger partial charge is 0.225 e. The van der Waals surface area contributed by atoms with E-state index in [2.05, 4.69) is 10.3 Å². The Kier molecular flexibility index (Phi) is 10.9. The third kappa shape index (κ3) is 6.17. The third-order valence-electron chi connectivity index (χ3n) is 1.37. The Bertz CT molecular complexity index is 444. The molecule has 102 valence electrons. The number of pyridine rings is 1. The molecule has 0 fully saturated rings. The fourth-order valence-electron chi connectivity index (χ4n) is 0.730. The number of aromatic nitrogens is 1. The van der Waals surface area contributed by atoms with Crippen LogP contribution in [0.2, 0.25) is 5.15 Å². The van der Waals surface area contributed by atoms with Crippen LogP contribution in [0.15, 0.2) is 10.9 Å². The Morgan fingerprint density at radius 3 is 2.28 bits per heavy atom. The number of halogens is 1. The second-order valence-electron chi connectivity index (χ2n) is 2.74. The van der Waals surface area contributed by atoms with Gasteiger partial charge in [0.05, 0.1) is 5.69 Å². The van der Waals surface area contributed by atoms with Crippen molar-refractivity contribution in [2.45, 2.75) is 13.8 Å². The number of H-pyrrole nitrogens is 1. The van der Waals surface area contributed by atoms with Gasteiger partial charge < -0.3 is 15.4 Å². The second kappa shape index (κ2) is 10.5. The quantitative estimate of drug-likeness (QED) is 0.369. The number of carbonyl (C=O) groups excluding carboxylic acids is 1. The average molecular weight is 276 g/mol. The Balaban J connectivity index is 0. The van der Waals surface area contributed by atoms with Gasteiger partial charge in [0.25, 0.3) is 0 Å². The summed E-state index contributed by atoms with van der Waals surface area (Å²) in [6.45, 7) is 4.00. The van der Waals surface area contributed by atoms with Crippen LogP contribution in [0, 0.1) is 5.41 Å². The van der Waals surface area contributed by atoms with E-state index < -0.39 is 16.9 Å². The van der Waals surface area contributed by atoms with E-state index in [1.54, 1.807) is 0 Å². The summed E-state index contributed by atoms with van der Waals surface area (Å²) in [6, 6.07) is 0.929. The largest absolute Gasteiger partial charge is 0.502 e. The average Bonchev–Trinajstić information content (AvgIpc) is 2.37. The molecule has 0 aliphatic carbocycles. The molecule has 0 atom stereocenters. The second-order valence-corrected chi connectivity index (χ2v) is 3.12. The summed E-state index contributed by atoms with van der Waals surface area (Å²) in [4.78, 5) is 23.4. The van der Waals surface area contributed by atoms with Crippen molar-refractivity contribution in [1.29, 1.82) is 5.41 Å². The maximum Gasteiger partial charge on any atom is 0.225 e. The predicted octanol–water partition coefficient (Wildman–Crippen LogP) is 1.16. The molecule has 0 spiro atoms. The molecule has 0 saturated heterocycles. The van der Waals surface area contributed by atoms with Gasteiger partial charge in [-0.25, -0.2) is 0 Å². The molecule has 0 aliphatic heterocycles. The van der Waals surface area contributed by atoms with E-state index in [0.29, 0.717) is 0 Å². The minimum atomic E-state index is -0.731. The van der Waals surface area contributed by atoms with Gasteiger partial charge in [-0.05, 0) is 14.1 Å². The van der Waals surface area contributed by atoms with Crippen LogP contribution in [0.5, 0.6) is 5.75 Å². The summed E-state index contributed by atoms with van der Waals surface area (Å²) >= 11 is 5.40. The van der Waals surface area contributed by atoms with Crippen molar-refractivity contribution in [3.8, 4) is 5.75 Å². The van der Waals surface area contributed by atoms with Gasteiger partial charge >= 0.3 is 0 Å². The fraction of sp³-hybridized carbons (Fsp3) is 0.364. The van der Waals surface area contributed by atoms with Crippen molar-refractivity contribution in [2.75, 3.05) is 14.1 Å². The zero-order valence-corrected chi connectivity index (χ0v) is 11.6. The molecule has 18 heavy (non-hydrogen) atoms. The number of aldehydes is 1. The van der Waals surface area contributed by atoms with Crippen LogP contribution in [0.25, 0.3) is 0 Å². The van der Waals surface area contributed by atoms with Crippen LogP contribution in [0.1, 0.15) is 19.5 Å². The van der Waals surface area contributed by atoms with Gasteiger partial charge in [-0.1, -0.05) is 25.4 Å². The summed E-state index contributed by atoms with van der Waals surface area (Å²) in [5, 5.41) is 18.5. The van der Waals surface area contributed by atoms with Crippen LogP contribution in [0.4, 0.5) is 0 Å². The molecular formula is C11H18ClN3O3. The molecule has 1 rings (SSSR count). The first-order valence-electron chi connectivity index (χ1n) is 5.22. The van der Waals surface area contributed by atoms with Crippen molar-refractivity contribution < 1.29 is 9.90 Å². The normalized spacial score (nSPS) is 8.28. The summed E-state index contributed by atoms with van der Waals surface area (Å²) in [5.41, 5.74) is -1.16. The Labute approximate surface area is 111 Å². The maximum absolute atomic E-state index is 10.9. The van der Waals surface area contributed by atoms with Crippen LogP contribution in [-0.2, 0) is 4.79 Å². The van der Waals surface area contributed by atoms with Crippen LogP contribution in [-0.4, -0.2) is 36.2 Å². The Hall–Kier alpha value is -1.66. The number of aromatic amines is 1. The molecule has 7 heteroatoms. The maximum atomic E-state index is 10.9. The summed E-state index contributed by atoms with van der Waals surface area (Å²) in [6.07, 6.45) is 0.263. The van der Waals surface area contributed by atoms with E-state index in [1.165, 1.54) is 0 Å². The SMILES string of the molecule is CC.CNC.N=C(C=O)c1cc(=O)c(O)c(Cl)[nH]1. The lowest BCUT2D eigenvalue weighted by Crippen LogP contribution is -2.10. The van der Waals surface area contributed by atoms with Crippen LogP contribution >= 0.6 is 11.6 Å². The lowest BCUT2D eigenvalue weighted by atomic mass is 10.2. The van der Waals surface area contributed by atoms with E-state index in [0.717, 1.165) is 6.07 Å². The van der Waals surface area contributed by atoms with Gasteiger partial charge in [0, 0.05) is 6.07 Å². The van der Waals surface area contributed by atoms with Crippen LogP contribution in [0.3, 0.4) is 0 Å². The van der Waals surface area contributed by atoms with Crippen molar-refractivity contribution in [1.82, 2.24) is 10.3 Å². The number of rotatable bonds is 2. The Morgan fingerprint density at radius 1 is 1.50 bits per heavy atom. The molecule has 0 aromatic carbocycles. The lowest BCUT2D eigenvalue weighted by Gasteiger charge is -1.99. The monoisotopic (exact) mass is 275 g/mol. The molecule has 0 bridgehead atoms. The van der Waals surface area contributed by atoms with Gasteiger partial charge in [-0.2, -0.15) is 0 Å². The molecule has 0 amide bonds. The minimum Gasteiger partial charge on any atom is -0.502 e. The fourth-order valence-corrected chi connectivity index (χ4v) is 0.925. The third-order valence-corrected chi connectivity index (χ3v) is 1.64. The zero-order valence-electron chi connectivity index (χ0n) is 10.8. The zero-order chi connectivity index (χ0) is 14.7. The first kappa shape index (κ1) is 18.7. The number of hydrogen-bond donors (Lipinski definition) is 4. The highest BCUT2D eigenvalue weighted by Crippen LogP contribution is 2.14. The van der Waals surface area contributed by atoms with E-state index in [9.17, 15) is 9.59 Å². The topological polar surface area (TPSA) is 106 Å². The predicted molar refractivity (Wildman–Crippen MR) is 73.0 cm³/mol. The lowest BCUT2D eigenvalue weighted by molar-refractivity contribution is -0.102. The Morgan fingerprint density at radius 2 is 1.94 bits per heavy atom. The molecule has 0 saturated carbocycles. The van der Waals surface area contributed by atoms with Gasteiger partial charge in [-0.15, -0.1) is 0 Å². The van der Waals surface area contributed by atoms with Gasteiger partial charge in [-0.3, -0.25) is 15.0 Å². The number of nitrogens with one attached hydrogen (secondary N) is 3. The summed E-state index contributed by atoms with van der Waals surface area (Å²) in [7, 11) is 3.75. The molecule has 0 aliphatic rings. The molecule has 1 aromatic heterocycles. The van der Waals surface area contributed by atoms with Crippen molar-refractivity contribution >= 4 is 23.6 Å². The van der Waals surface area contributed by atoms with Crippen molar-refractivity contribution in [2.24, 2.45) is 0 Å². The highest BCUT2D eigenvalue weighted by molar-refractivity contribution is 6.35. The first-order chi connectivity index (χ1) is 8.47. The van der Waals surface area contributed by atoms with Crippen molar-refractivity contribution in [3.05, 3.63) is 27.1 Å². The van der Waals surface area contributed by atoms with E-state index in [-0.39, 0.29) is 17.1 Å². The van der Waals surface area contributed by atoms with Crippen molar-refractivity contribution in [3.63, 3.8) is 0 Å². The highest BCUT2D eigenvalue weighted by Gasteiger charge is 2.08. The van der Waals surface area contributed by atoms with E-state index >= 15 is 0 Å². The van der Waals surface area contributed by atoms with E-state index in [1.807, 2.05) is 27.9 Å². The number of hydrogen-bond acceptors (Lipinski definition) is 5. The van der Waals surface area contributed by atoms with Crippen LogP contribution < -0.4 is 10.7 Å². The molecule has 4 N–H and O–H groups in total. The molecule has 1 heterocycles. The van der Waals surface area contributed by atoms with Gasteiger partial charge in [0.1, 0.15) is 5.71 Å². The van der Waals surface area contributed by atoms with E-state index in [4.69, 9.17) is 22.1 Å². The van der Waals surface area contributed by atoms with Gasteiger partial charge in [0.15, 0.2) is 17.2 Å². The molecule has 0 radical (unpaired) electrons. The number of carbonyl (C=O) groups is 1.